The zero-order chi connectivity index (χ0) is 18.9. The topological polar surface area (TPSA) is 77.9 Å². The minimum absolute atomic E-state index is 0.293. The molecule has 2 aromatic carbocycles. The third-order valence-corrected chi connectivity index (χ3v) is 5.18. The monoisotopic (exact) mass is 375 g/mol. The molecule has 1 N–H and O–H groups in total. The van der Waals surface area contributed by atoms with Gasteiger partial charge in [0.2, 0.25) is 0 Å². The molecule has 7 nitrogen and oxygen atoms in total. The van der Waals surface area contributed by atoms with E-state index in [-0.39, 0.29) is 0 Å². The summed E-state index contributed by atoms with van der Waals surface area (Å²) in [5.74, 6) is 2.31. The van der Waals surface area contributed by atoms with Gasteiger partial charge < -0.3 is 14.5 Å². The maximum absolute atomic E-state index is 6.13. The van der Waals surface area contributed by atoms with E-state index in [1.54, 1.807) is 18.1 Å². The molecule has 0 bridgehead atoms. The van der Waals surface area contributed by atoms with Gasteiger partial charge in [0.05, 0.1) is 29.9 Å². The van der Waals surface area contributed by atoms with E-state index < -0.39 is 0 Å². The predicted octanol–water partition coefficient (Wildman–Crippen LogP) is 4.14. The quantitative estimate of drug-likeness (QED) is 0.567. The summed E-state index contributed by atoms with van der Waals surface area (Å²) < 4.78 is 13.4. The van der Waals surface area contributed by atoms with Crippen LogP contribution in [-0.2, 0) is 0 Å². The van der Waals surface area contributed by atoms with Crippen LogP contribution in [0.1, 0.15) is 25.7 Å². The van der Waals surface area contributed by atoms with Crippen LogP contribution in [0.5, 0.6) is 11.5 Å². The van der Waals surface area contributed by atoms with Crippen molar-refractivity contribution in [1.29, 1.82) is 0 Å². The van der Waals surface area contributed by atoms with E-state index in [0.29, 0.717) is 6.10 Å². The molecular weight excluding hydrogens is 354 g/mol. The van der Waals surface area contributed by atoms with Crippen LogP contribution in [0.2, 0.25) is 0 Å². The Morgan fingerprint density at radius 1 is 1.07 bits per heavy atom. The molecule has 28 heavy (non-hydrogen) atoms. The molecule has 1 saturated carbocycles. The zero-order valence-electron chi connectivity index (χ0n) is 15.6. The molecule has 0 unspecified atom stereocenters. The number of H-pyrrole nitrogens is 1. The molecule has 142 valence electrons. The Balaban J connectivity index is 1.47. The highest BCUT2D eigenvalue weighted by molar-refractivity contribution is 5.81. The predicted molar refractivity (Wildman–Crippen MR) is 106 cm³/mol. The second kappa shape index (κ2) is 6.99. The number of nitrogens with zero attached hydrogens (tertiary/aromatic N) is 4. The van der Waals surface area contributed by atoms with Crippen LogP contribution in [0.3, 0.4) is 0 Å². The number of rotatable bonds is 5. The Morgan fingerprint density at radius 2 is 1.96 bits per heavy atom. The number of aromatic amines is 1. The summed E-state index contributed by atoms with van der Waals surface area (Å²) in [5.41, 5.74) is 3.70. The molecule has 4 aromatic rings. The van der Waals surface area contributed by atoms with Gasteiger partial charge in [-0.25, -0.2) is 14.6 Å². The number of methoxy groups -OCH3 is 1. The highest BCUT2D eigenvalue weighted by atomic mass is 16.5. The summed E-state index contributed by atoms with van der Waals surface area (Å²) in [4.78, 5) is 12.1. The molecule has 7 heteroatoms. The molecule has 1 aliphatic carbocycles. The van der Waals surface area contributed by atoms with Gasteiger partial charge in [0.15, 0.2) is 11.5 Å². The van der Waals surface area contributed by atoms with Crippen LogP contribution in [0.25, 0.3) is 28.1 Å². The summed E-state index contributed by atoms with van der Waals surface area (Å²) in [6, 6.07) is 11.9. The fraction of sp³-hybridized carbons (Fsp3) is 0.286. The highest BCUT2D eigenvalue weighted by Crippen LogP contribution is 2.35. The fourth-order valence-corrected chi connectivity index (χ4v) is 3.71. The fourth-order valence-electron chi connectivity index (χ4n) is 3.71. The van der Waals surface area contributed by atoms with Gasteiger partial charge in [0.1, 0.15) is 18.5 Å². The largest absolute Gasteiger partial charge is 0.493 e. The van der Waals surface area contributed by atoms with E-state index >= 15 is 0 Å². The molecule has 1 fully saturated rings. The van der Waals surface area contributed by atoms with Crippen LogP contribution in [0.15, 0.2) is 49.1 Å². The number of hydrogen-bond acceptors (Lipinski definition) is 5. The number of nitrogens with one attached hydrogen (secondary N) is 1. The van der Waals surface area contributed by atoms with Gasteiger partial charge in [-0.3, -0.25) is 0 Å². The first-order valence-corrected chi connectivity index (χ1v) is 9.50. The second-order valence-corrected chi connectivity index (χ2v) is 7.02. The van der Waals surface area contributed by atoms with Crippen LogP contribution < -0.4 is 9.47 Å². The number of fused-ring (bicyclic) bond motifs is 1. The minimum atomic E-state index is 0.293. The van der Waals surface area contributed by atoms with Crippen LogP contribution >= 0.6 is 0 Å². The molecule has 1 aliphatic rings. The van der Waals surface area contributed by atoms with Gasteiger partial charge in [-0.2, -0.15) is 5.10 Å². The molecule has 5 rings (SSSR count). The lowest BCUT2D eigenvalue weighted by atomic mass is 10.2. The summed E-state index contributed by atoms with van der Waals surface area (Å²) >= 11 is 0. The average molecular weight is 375 g/mol. The molecule has 0 radical (unpaired) electrons. The Labute approximate surface area is 162 Å². The van der Waals surface area contributed by atoms with Crippen molar-refractivity contribution in [1.82, 2.24) is 24.7 Å². The Morgan fingerprint density at radius 3 is 2.75 bits per heavy atom. The SMILES string of the molecule is COc1cc(-c2nc3cc(-n4cncn4)ccc3[nH]2)ccc1OC1CCCC1. The van der Waals surface area contributed by atoms with E-state index in [2.05, 4.69) is 15.1 Å². The van der Waals surface area contributed by atoms with E-state index in [1.807, 2.05) is 36.4 Å². The molecule has 0 spiro atoms. The van der Waals surface area contributed by atoms with Gasteiger partial charge in [0.25, 0.3) is 0 Å². The molecule has 0 amide bonds. The van der Waals surface area contributed by atoms with Crippen molar-refractivity contribution in [2.75, 3.05) is 7.11 Å². The van der Waals surface area contributed by atoms with E-state index in [0.717, 1.165) is 52.4 Å². The Hall–Kier alpha value is -3.35. The van der Waals surface area contributed by atoms with Crippen molar-refractivity contribution in [2.24, 2.45) is 0 Å². The van der Waals surface area contributed by atoms with Crippen molar-refractivity contribution < 1.29 is 9.47 Å². The summed E-state index contributed by atoms with van der Waals surface area (Å²) in [6.07, 6.45) is 8.18. The summed E-state index contributed by atoms with van der Waals surface area (Å²) in [7, 11) is 1.67. The smallest absolute Gasteiger partial charge is 0.161 e. The van der Waals surface area contributed by atoms with E-state index in [1.165, 1.54) is 19.2 Å². The van der Waals surface area contributed by atoms with Gasteiger partial charge in [-0.05, 0) is 62.1 Å². The molecule has 2 heterocycles. The summed E-state index contributed by atoms with van der Waals surface area (Å²) in [6.45, 7) is 0. The van der Waals surface area contributed by atoms with Crippen LogP contribution in [0, 0.1) is 0 Å². The lowest BCUT2D eigenvalue weighted by molar-refractivity contribution is 0.201. The van der Waals surface area contributed by atoms with Crippen LogP contribution in [-0.4, -0.2) is 37.9 Å². The van der Waals surface area contributed by atoms with Gasteiger partial charge in [-0.1, -0.05) is 0 Å². The lowest BCUT2D eigenvalue weighted by Gasteiger charge is -2.16. The molecule has 0 aliphatic heterocycles. The van der Waals surface area contributed by atoms with Gasteiger partial charge in [0, 0.05) is 5.56 Å². The van der Waals surface area contributed by atoms with Crippen molar-refractivity contribution in [2.45, 2.75) is 31.8 Å². The van der Waals surface area contributed by atoms with E-state index in [4.69, 9.17) is 14.5 Å². The first-order chi connectivity index (χ1) is 13.8. The lowest BCUT2D eigenvalue weighted by Crippen LogP contribution is -2.11. The number of imidazole rings is 1. The number of hydrogen-bond donors (Lipinski definition) is 1. The third kappa shape index (κ3) is 3.09. The Kier molecular flexibility index (Phi) is 4.20. The van der Waals surface area contributed by atoms with Crippen molar-refractivity contribution >= 4 is 11.0 Å². The minimum Gasteiger partial charge on any atom is -0.493 e. The maximum Gasteiger partial charge on any atom is 0.161 e. The number of benzene rings is 2. The van der Waals surface area contributed by atoms with Crippen molar-refractivity contribution in [3.05, 3.63) is 49.1 Å². The second-order valence-electron chi connectivity index (χ2n) is 7.02. The van der Waals surface area contributed by atoms with E-state index in [9.17, 15) is 0 Å². The molecule has 0 atom stereocenters. The number of ether oxygens (including phenoxy) is 2. The number of aromatic nitrogens is 5. The Bertz CT molecular complexity index is 1100. The first-order valence-electron chi connectivity index (χ1n) is 9.50. The first kappa shape index (κ1) is 16.8. The average Bonchev–Trinajstić information content (AvgIpc) is 3.48. The van der Waals surface area contributed by atoms with Crippen LogP contribution in [0.4, 0.5) is 0 Å². The van der Waals surface area contributed by atoms with Gasteiger partial charge >= 0.3 is 0 Å². The molecule has 0 saturated heterocycles. The normalized spacial score (nSPS) is 14.6. The van der Waals surface area contributed by atoms with Gasteiger partial charge in [-0.15, -0.1) is 0 Å². The zero-order valence-corrected chi connectivity index (χ0v) is 15.6. The maximum atomic E-state index is 6.13. The molecular formula is C21H21N5O2. The summed E-state index contributed by atoms with van der Waals surface area (Å²) in [5, 5.41) is 4.17. The van der Waals surface area contributed by atoms with Crippen molar-refractivity contribution in [3.63, 3.8) is 0 Å². The molecule has 2 aromatic heterocycles. The highest BCUT2D eigenvalue weighted by Gasteiger charge is 2.19. The standard InChI is InChI=1S/C21H21N5O2/c1-27-20-10-14(6-9-19(20)28-16-4-2-3-5-16)21-24-17-8-7-15(11-18(17)25-21)26-13-22-12-23-26/h6-13,16H,2-5H2,1H3,(H,24,25). The van der Waals surface area contributed by atoms with Crippen molar-refractivity contribution in [3.8, 4) is 28.6 Å². The third-order valence-electron chi connectivity index (χ3n) is 5.18.